The quantitative estimate of drug-likeness (QED) is 0.916. The van der Waals surface area contributed by atoms with Crippen molar-refractivity contribution in [2.75, 3.05) is 5.32 Å². The van der Waals surface area contributed by atoms with Gasteiger partial charge in [-0.25, -0.2) is 0 Å². The largest absolute Gasteiger partial charge is 0.451 e. The molecule has 0 radical (unpaired) electrons. The van der Waals surface area contributed by atoms with Gasteiger partial charge in [0.1, 0.15) is 0 Å². The van der Waals surface area contributed by atoms with Crippen molar-refractivity contribution in [1.82, 2.24) is 15.2 Å². The monoisotopic (exact) mass is 304 g/mol. The lowest BCUT2D eigenvalue weighted by atomic mass is 10.1. The number of aromatic nitrogens is 3. The van der Waals surface area contributed by atoms with Gasteiger partial charge < -0.3 is 0 Å². The summed E-state index contributed by atoms with van der Waals surface area (Å²) in [4.78, 5) is 14.8. The summed E-state index contributed by atoms with van der Waals surface area (Å²) in [7, 11) is 0. The average molecular weight is 305 g/mol. The fourth-order valence-corrected chi connectivity index (χ4v) is 1.63. The minimum Gasteiger partial charge on any atom is -0.293 e. The van der Waals surface area contributed by atoms with E-state index in [4.69, 9.17) is 11.6 Å². The van der Waals surface area contributed by atoms with Crippen LogP contribution in [-0.4, -0.2) is 21.1 Å². The van der Waals surface area contributed by atoms with E-state index in [1.165, 1.54) is 0 Å². The Morgan fingerprint density at radius 1 is 1.35 bits per heavy atom. The molecule has 0 aliphatic heterocycles. The van der Waals surface area contributed by atoms with E-state index in [1.54, 1.807) is 29.4 Å². The van der Waals surface area contributed by atoms with E-state index in [1.807, 2.05) is 0 Å². The first-order chi connectivity index (χ1) is 9.36. The summed E-state index contributed by atoms with van der Waals surface area (Å²) in [5, 5.41) is 7.52. The van der Waals surface area contributed by atoms with Crippen LogP contribution < -0.4 is 5.32 Å². The molecule has 0 aliphatic carbocycles. The molecule has 0 aliphatic rings. The lowest BCUT2D eigenvalue weighted by Gasteiger charge is -2.03. The maximum absolute atomic E-state index is 12.3. The van der Waals surface area contributed by atoms with Gasteiger partial charge >= 0.3 is 6.18 Å². The third-order valence-electron chi connectivity index (χ3n) is 2.31. The summed E-state index contributed by atoms with van der Waals surface area (Å²) >= 11 is 5.87. The molecule has 1 amide bonds. The summed E-state index contributed by atoms with van der Waals surface area (Å²) in [5.74, 6) is -2.27. The molecular weight excluding hydrogens is 297 g/mol. The third-order valence-corrected chi connectivity index (χ3v) is 2.68. The van der Waals surface area contributed by atoms with E-state index in [9.17, 15) is 18.0 Å². The molecule has 20 heavy (non-hydrogen) atoms. The standard InChI is InChI=1S/C11H8ClF3N4O/c12-7-4-2-1-3-6(7)5-8(20)16-10-17-9(18-19-10)11(13,14)15/h1-4H,5H2,(H2,16,17,18,19,20). The van der Waals surface area contributed by atoms with Gasteiger partial charge in [0.15, 0.2) is 0 Å². The van der Waals surface area contributed by atoms with Crippen LogP contribution in [0.1, 0.15) is 11.4 Å². The van der Waals surface area contributed by atoms with Crippen LogP contribution in [0.25, 0.3) is 0 Å². The number of nitrogens with zero attached hydrogens (tertiary/aromatic N) is 2. The highest BCUT2D eigenvalue weighted by Crippen LogP contribution is 2.26. The molecule has 0 atom stereocenters. The Kier molecular flexibility index (Phi) is 3.93. The lowest BCUT2D eigenvalue weighted by Crippen LogP contribution is -2.16. The third kappa shape index (κ3) is 3.47. The number of halogens is 4. The number of amides is 1. The first-order valence-electron chi connectivity index (χ1n) is 5.39. The smallest absolute Gasteiger partial charge is 0.293 e. The Balaban J connectivity index is 2.02. The summed E-state index contributed by atoms with van der Waals surface area (Å²) in [6.45, 7) is 0. The van der Waals surface area contributed by atoms with Gasteiger partial charge in [-0.2, -0.15) is 18.2 Å². The summed E-state index contributed by atoms with van der Waals surface area (Å²) < 4.78 is 36.8. The van der Waals surface area contributed by atoms with Gasteiger partial charge in [-0.1, -0.05) is 29.8 Å². The minimum absolute atomic E-state index is 0.0877. The number of hydrogen-bond acceptors (Lipinski definition) is 3. The molecule has 2 rings (SSSR count). The summed E-state index contributed by atoms with van der Waals surface area (Å²) in [5.41, 5.74) is 0.554. The van der Waals surface area contributed by atoms with Crippen LogP contribution in [-0.2, 0) is 17.4 Å². The van der Waals surface area contributed by atoms with Gasteiger partial charge in [-0.05, 0) is 11.6 Å². The van der Waals surface area contributed by atoms with Crippen molar-refractivity contribution >= 4 is 23.5 Å². The zero-order valence-electron chi connectivity index (χ0n) is 9.83. The number of carbonyl (C=O) groups is 1. The van der Waals surface area contributed by atoms with E-state index >= 15 is 0 Å². The highest BCUT2D eigenvalue weighted by Gasteiger charge is 2.35. The molecule has 1 heterocycles. The van der Waals surface area contributed by atoms with Crippen molar-refractivity contribution in [2.45, 2.75) is 12.6 Å². The maximum Gasteiger partial charge on any atom is 0.451 e. The van der Waals surface area contributed by atoms with Gasteiger partial charge in [0.25, 0.3) is 0 Å². The zero-order valence-corrected chi connectivity index (χ0v) is 10.6. The fourth-order valence-electron chi connectivity index (χ4n) is 1.43. The molecule has 2 aromatic rings. The predicted octanol–water partition coefficient (Wildman–Crippen LogP) is 2.66. The van der Waals surface area contributed by atoms with Gasteiger partial charge in [-0.15, -0.1) is 5.10 Å². The van der Waals surface area contributed by atoms with Crippen LogP contribution in [0.4, 0.5) is 19.1 Å². The summed E-state index contributed by atoms with van der Waals surface area (Å²) in [6, 6.07) is 6.65. The average Bonchev–Trinajstić information content (AvgIpc) is 2.80. The van der Waals surface area contributed by atoms with Gasteiger partial charge in [-0.3, -0.25) is 15.2 Å². The number of hydrogen-bond donors (Lipinski definition) is 2. The number of anilines is 1. The zero-order chi connectivity index (χ0) is 14.8. The maximum atomic E-state index is 12.3. The van der Waals surface area contributed by atoms with Crippen LogP contribution >= 0.6 is 11.6 Å². The van der Waals surface area contributed by atoms with Crippen LogP contribution in [0.15, 0.2) is 24.3 Å². The number of nitrogens with one attached hydrogen (secondary N) is 2. The van der Waals surface area contributed by atoms with E-state index in [2.05, 4.69) is 15.4 Å². The Morgan fingerprint density at radius 2 is 2.05 bits per heavy atom. The number of rotatable bonds is 3. The molecule has 2 N–H and O–H groups in total. The van der Waals surface area contributed by atoms with E-state index < -0.39 is 23.9 Å². The second kappa shape index (κ2) is 5.49. The number of benzene rings is 1. The fraction of sp³-hybridized carbons (Fsp3) is 0.182. The molecule has 106 valence electrons. The topological polar surface area (TPSA) is 70.7 Å². The summed E-state index contributed by atoms with van der Waals surface area (Å²) in [6.07, 6.45) is -4.73. The van der Waals surface area contributed by atoms with Crippen molar-refractivity contribution in [2.24, 2.45) is 0 Å². The molecule has 9 heteroatoms. The van der Waals surface area contributed by atoms with Gasteiger partial charge in [0.05, 0.1) is 6.42 Å². The van der Waals surface area contributed by atoms with Crippen LogP contribution in [0, 0.1) is 0 Å². The molecule has 0 spiro atoms. The second-order valence-electron chi connectivity index (χ2n) is 3.82. The Hall–Kier alpha value is -2.09. The molecule has 1 aromatic heterocycles. The molecule has 0 fully saturated rings. The lowest BCUT2D eigenvalue weighted by molar-refractivity contribution is -0.144. The van der Waals surface area contributed by atoms with Crippen molar-refractivity contribution in [3.05, 3.63) is 40.7 Å². The van der Waals surface area contributed by atoms with Crippen LogP contribution in [0.5, 0.6) is 0 Å². The van der Waals surface area contributed by atoms with Crippen molar-refractivity contribution < 1.29 is 18.0 Å². The van der Waals surface area contributed by atoms with Crippen LogP contribution in [0.3, 0.4) is 0 Å². The van der Waals surface area contributed by atoms with Crippen molar-refractivity contribution in [1.29, 1.82) is 0 Å². The Labute approximate surface area is 116 Å². The number of aromatic amines is 1. The number of alkyl halides is 3. The minimum atomic E-state index is -4.64. The van der Waals surface area contributed by atoms with Crippen molar-refractivity contribution in [3.8, 4) is 0 Å². The van der Waals surface area contributed by atoms with E-state index in [0.29, 0.717) is 10.6 Å². The molecule has 1 aromatic carbocycles. The van der Waals surface area contributed by atoms with E-state index in [0.717, 1.165) is 0 Å². The first-order valence-corrected chi connectivity index (χ1v) is 5.77. The molecule has 5 nitrogen and oxygen atoms in total. The number of carbonyl (C=O) groups excluding carboxylic acids is 1. The molecule has 0 saturated carbocycles. The molecule has 0 bridgehead atoms. The number of H-pyrrole nitrogens is 1. The van der Waals surface area contributed by atoms with Crippen molar-refractivity contribution in [3.63, 3.8) is 0 Å². The Bertz CT molecular complexity index is 626. The molecule has 0 unspecified atom stereocenters. The normalized spacial score (nSPS) is 11.4. The van der Waals surface area contributed by atoms with E-state index in [-0.39, 0.29) is 6.42 Å². The molecule has 0 saturated heterocycles. The second-order valence-corrected chi connectivity index (χ2v) is 4.23. The SMILES string of the molecule is O=C(Cc1ccccc1Cl)Nc1n[nH]c(C(F)(F)F)n1. The highest BCUT2D eigenvalue weighted by atomic mass is 35.5. The highest BCUT2D eigenvalue weighted by molar-refractivity contribution is 6.31. The van der Waals surface area contributed by atoms with Crippen LogP contribution in [0.2, 0.25) is 5.02 Å². The Morgan fingerprint density at radius 3 is 2.65 bits per heavy atom. The van der Waals surface area contributed by atoms with Gasteiger partial charge in [0.2, 0.25) is 17.7 Å². The molecular formula is C11H8ClF3N4O. The van der Waals surface area contributed by atoms with Gasteiger partial charge in [0, 0.05) is 5.02 Å². The predicted molar refractivity (Wildman–Crippen MR) is 65.2 cm³/mol. The first kappa shape index (κ1) is 14.3.